The molecule has 6 rings (SSSR count). The van der Waals surface area contributed by atoms with E-state index in [0.29, 0.717) is 18.7 Å². The molecule has 5 atom stereocenters. The van der Waals surface area contributed by atoms with Crippen molar-refractivity contribution in [3.8, 4) is 5.75 Å². The molecule has 0 amide bonds. The quantitative estimate of drug-likeness (QED) is 0.429. The van der Waals surface area contributed by atoms with Gasteiger partial charge >= 0.3 is 5.97 Å². The summed E-state index contributed by atoms with van der Waals surface area (Å²) in [6.07, 6.45) is 2.70. The molecule has 0 saturated carbocycles. The molecule has 7 nitrogen and oxygen atoms in total. The van der Waals surface area contributed by atoms with Crippen molar-refractivity contribution in [3.63, 3.8) is 0 Å². The predicted octanol–water partition coefficient (Wildman–Crippen LogP) is 3.94. The molecule has 0 radical (unpaired) electrons. The van der Waals surface area contributed by atoms with Crippen LogP contribution in [-0.4, -0.2) is 62.4 Å². The van der Waals surface area contributed by atoms with Crippen LogP contribution in [0.2, 0.25) is 0 Å². The summed E-state index contributed by atoms with van der Waals surface area (Å²) in [5, 5.41) is 13.9. The van der Waals surface area contributed by atoms with Crippen LogP contribution in [0.3, 0.4) is 0 Å². The zero-order chi connectivity index (χ0) is 26.9. The number of fused-ring (bicyclic) bond motifs is 3. The number of carbonyl (C=O) groups is 1. The molecule has 3 fully saturated rings. The lowest BCUT2D eigenvalue weighted by Crippen LogP contribution is -2.69. The van der Waals surface area contributed by atoms with Gasteiger partial charge in [0.25, 0.3) is 0 Å². The van der Waals surface area contributed by atoms with Gasteiger partial charge in [-0.1, -0.05) is 60.7 Å². The minimum atomic E-state index is -3.37. The number of hydrogen-bond acceptors (Lipinski definition) is 6. The molecule has 3 aliphatic rings. The third kappa shape index (κ3) is 5.21. The topological polar surface area (TPSA) is 95.9 Å². The summed E-state index contributed by atoms with van der Waals surface area (Å²) in [6.45, 7) is 1.14. The summed E-state index contributed by atoms with van der Waals surface area (Å²) in [4.78, 5) is 14.8. The Hall–Kier alpha value is -3.20. The fraction of sp³-hybridized carbons (Fsp3) is 0.367. The number of carboxylic acids is 1. The Balaban J connectivity index is 1.55. The number of benzene rings is 3. The first-order valence-electron chi connectivity index (χ1n) is 13.0. The number of rotatable bonds is 9. The van der Waals surface area contributed by atoms with Crippen LogP contribution in [0.4, 0.5) is 0 Å². The highest BCUT2D eigenvalue weighted by molar-refractivity contribution is 7.90. The van der Waals surface area contributed by atoms with Crippen molar-refractivity contribution in [1.82, 2.24) is 10.2 Å². The lowest BCUT2D eigenvalue weighted by atomic mass is 9.68. The second-order valence-electron chi connectivity index (χ2n) is 10.3. The molecule has 3 aromatic rings. The van der Waals surface area contributed by atoms with E-state index < -0.39 is 21.8 Å². The van der Waals surface area contributed by atoms with E-state index in [1.807, 2.05) is 36.4 Å². The van der Waals surface area contributed by atoms with Crippen LogP contribution >= 0.6 is 0 Å². The van der Waals surface area contributed by atoms with Gasteiger partial charge in [0, 0.05) is 36.4 Å². The molecule has 8 heteroatoms. The summed E-state index contributed by atoms with van der Waals surface area (Å²) in [7, 11) is -1.79. The van der Waals surface area contributed by atoms with E-state index in [9.17, 15) is 18.3 Å². The summed E-state index contributed by atoms with van der Waals surface area (Å²) >= 11 is 0. The fourth-order valence-corrected chi connectivity index (χ4v) is 7.04. The molecular weight excluding hydrogens is 500 g/mol. The predicted molar refractivity (Wildman–Crippen MR) is 146 cm³/mol. The van der Waals surface area contributed by atoms with Gasteiger partial charge in [0.2, 0.25) is 0 Å². The van der Waals surface area contributed by atoms with Gasteiger partial charge in [-0.05, 0) is 54.6 Å². The SMILES string of the molecule is COc1ccc(S(C)(=O)=O)cc1CN[C@H]1[C@H]2CCN(C(C(=O)O)C2)[C@H]1C(c1ccccc1)c1ccccc1. The van der Waals surface area contributed by atoms with Gasteiger partial charge in [0.15, 0.2) is 9.84 Å². The van der Waals surface area contributed by atoms with Gasteiger partial charge in [0.1, 0.15) is 11.8 Å². The first kappa shape index (κ1) is 26.4. The Morgan fingerprint density at radius 1 is 1.05 bits per heavy atom. The minimum Gasteiger partial charge on any atom is -0.496 e. The molecule has 3 saturated heterocycles. The molecular formula is C30H34N2O5S. The number of nitrogens with zero attached hydrogens (tertiary/aromatic N) is 1. The first-order valence-corrected chi connectivity index (χ1v) is 14.9. The maximum absolute atomic E-state index is 12.4. The number of aliphatic carboxylic acids is 1. The maximum atomic E-state index is 12.4. The van der Waals surface area contributed by atoms with Crippen molar-refractivity contribution in [1.29, 1.82) is 0 Å². The zero-order valence-electron chi connectivity index (χ0n) is 21.7. The van der Waals surface area contributed by atoms with E-state index >= 15 is 0 Å². The first-order chi connectivity index (χ1) is 18.3. The smallest absolute Gasteiger partial charge is 0.320 e. The molecule has 3 aromatic carbocycles. The Morgan fingerprint density at radius 3 is 2.24 bits per heavy atom. The van der Waals surface area contributed by atoms with Crippen LogP contribution in [0, 0.1) is 5.92 Å². The van der Waals surface area contributed by atoms with Crippen molar-refractivity contribution in [3.05, 3.63) is 95.6 Å². The third-order valence-corrected chi connectivity index (χ3v) is 9.21. The van der Waals surface area contributed by atoms with E-state index in [4.69, 9.17) is 4.74 Å². The van der Waals surface area contributed by atoms with Crippen molar-refractivity contribution < 1.29 is 23.1 Å². The van der Waals surface area contributed by atoms with Gasteiger partial charge in [0.05, 0.1) is 12.0 Å². The third-order valence-electron chi connectivity index (χ3n) is 8.10. The number of hydrogen-bond donors (Lipinski definition) is 2. The Labute approximate surface area is 224 Å². The molecule has 3 aliphatic heterocycles. The molecule has 0 aromatic heterocycles. The van der Waals surface area contributed by atoms with E-state index in [0.717, 1.165) is 29.7 Å². The van der Waals surface area contributed by atoms with Crippen LogP contribution < -0.4 is 10.1 Å². The monoisotopic (exact) mass is 534 g/mol. The molecule has 0 aliphatic carbocycles. The number of ether oxygens (including phenoxy) is 1. The molecule has 38 heavy (non-hydrogen) atoms. The molecule has 2 N–H and O–H groups in total. The average Bonchev–Trinajstić information content (AvgIpc) is 2.93. The molecule has 2 unspecified atom stereocenters. The molecule has 200 valence electrons. The van der Waals surface area contributed by atoms with Gasteiger partial charge in [-0.15, -0.1) is 0 Å². The highest BCUT2D eigenvalue weighted by Crippen LogP contribution is 2.44. The van der Waals surface area contributed by atoms with Gasteiger partial charge in [-0.3, -0.25) is 9.69 Å². The number of sulfone groups is 1. The summed E-state index contributed by atoms with van der Waals surface area (Å²) < 4.78 is 30.0. The summed E-state index contributed by atoms with van der Waals surface area (Å²) in [5.74, 6) is -0.0245. The fourth-order valence-electron chi connectivity index (χ4n) is 6.37. The van der Waals surface area contributed by atoms with Crippen LogP contribution in [0.1, 0.15) is 35.4 Å². The zero-order valence-corrected chi connectivity index (χ0v) is 22.5. The average molecular weight is 535 g/mol. The highest BCUT2D eigenvalue weighted by atomic mass is 32.2. The van der Waals surface area contributed by atoms with E-state index in [1.165, 1.54) is 6.26 Å². The lowest BCUT2D eigenvalue weighted by Gasteiger charge is -2.56. The van der Waals surface area contributed by atoms with Gasteiger partial charge < -0.3 is 15.2 Å². The van der Waals surface area contributed by atoms with Crippen LogP contribution in [0.25, 0.3) is 0 Å². The van der Waals surface area contributed by atoms with Crippen molar-refractivity contribution >= 4 is 15.8 Å². The van der Waals surface area contributed by atoms with Crippen LogP contribution in [0.5, 0.6) is 5.75 Å². The molecule has 2 bridgehead atoms. The number of methoxy groups -OCH3 is 1. The normalized spacial score (nSPS) is 24.9. The molecule has 3 heterocycles. The summed E-state index contributed by atoms with van der Waals surface area (Å²) in [5.41, 5.74) is 3.05. The van der Waals surface area contributed by atoms with Gasteiger partial charge in [-0.2, -0.15) is 0 Å². The van der Waals surface area contributed by atoms with E-state index in [-0.39, 0.29) is 28.8 Å². The van der Waals surface area contributed by atoms with Crippen molar-refractivity contribution in [2.45, 2.75) is 48.3 Å². The second kappa shape index (κ2) is 10.9. The van der Waals surface area contributed by atoms with Crippen molar-refractivity contribution in [2.75, 3.05) is 19.9 Å². The van der Waals surface area contributed by atoms with Crippen LogP contribution in [0.15, 0.2) is 83.8 Å². The second-order valence-corrected chi connectivity index (χ2v) is 12.3. The lowest BCUT2D eigenvalue weighted by molar-refractivity contribution is -0.152. The van der Waals surface area contributed by atoms with E-state index in [1.54, 1.807) is 25.3 Å². The standard InChI is InChI=1S/C30H34N2O5S/c1-37-26-14-13-24(38(2,35)36)17-23(26)19-31-28-22-15-16-32(25(18-22)30(33)34)29(28)27(20-9-5-3-6-10-20)21-11-7-4-8-12-21/h3-14,17,22,25,27-29,31H,15-16,18-19H2,1-2H3,(H,33,34)/t22-,25?,28-,29-/m0/s1. The maximum Gasteiger partial charge on any atom is 0.320 e. The number of carboxylic acid groups (broad SMARTS) is 1. The Bertz CT molecular complexity index is 1340. The van der Waals surface area contributed by atoms with Gasteiger partial charge in [-0.25, -0.2) is 8.42 Å². The Kier molecular flexibility index (Phi) is 7.56. The number of nitrogens with one attached hydrogen (secondary N) is 1. The summed E-state index contributed by atoms with van der Waals surface area (Å²) in [6, 6.07) is 24.9. The highest BCUT2D eigenvalue weighted by Gasteiger charge is 2.52. The molecule has 0 spiro atoms. The van der Waals surface area contributed by atoms with E-state index in [2.05, 4.69) is 34.5 Å². The number of piperidine rings is 3. The largest absolute Gasteiger partial charge is 0.496 e. The minimum absolute atomic E-state index is 0.00337. The van der Waals surface area contributed by atoms with Crippen molar-refractivity contribution in [2.24, 2.45) is 5.92 Å². The Morgan fingerprint density at radius 2 is 1.68 bits per heavy atom. The van der Waals surface area contributed by atoms with Crippen LogP contribution in [-0.2, 0) is 21.2 Å².